The Morgan fingerprint density at radius 2 is 2.21 bits per heavy atom. The number of carbonyl (C=O) groups excluding carboxylic acids is 1. The van der Waals surface area contributed by atoms with Crippen molar-refractivity contribution >= 4 is 29.1 Å². The maximum absolute atomic E-state index is 12.8. The number of furan rings is 1. The average molecular weight is 398 g/mol. The van der Waals surface area contributed by atoms with Crippen LogP contribution in [0.2, 0.25) is 5.15 Å². The fourth-order valence-corrected chi connectivity index (χ4v) is 3.08. The van der Waals surface area contributed by atoms with Gasteiger partial charge in [0.25, 0.3) is 5.91 Å². The molecule has 0 aliphatic rings. The van der Waals surface area contributed by atoms with Crippen molar-refractivity contribution in [1.82, 2.24) is 29.9 Å². The van der Waals surface area contributed by atoms with Gasteiger partial charge in [-0.15, -0.1) is 5.10 Å². The molecular weight excluding hydrogens is 382 g/mol. The molecule has 0 bridgehead atoms. The second-order valence-electron chi connectivity index (χ2n) is 6.00. The molecule has 4 aromatic heterocycles. The van der Waals surface area contributed by atoms with Crippen molar-refractivity contribution in [3.8, 4) is 11.6 Å². The highest BCUT2D eigenvalue weighted by atomic mass is 35.5. The smallest absolute Gasteiger partial charge is 0.270 e. The summed E-state index contributed by atoms with van der Waals surface area (Å²) in [6, 6.07) is 8.26. The summed E-state index contributed by atoms with van der Waals surface area (Å²) in [5.41, 5.74) is 7.21. The van der Waals surface area contributed by atoms with Crippen LogP contribution >= 0.6 is 11.6 Å². The van der Waals surface area contributed by atoms with Crippen molar-refractivity contribution in [2.75, 3.05) is 5.73 Å². The Kier molecular flexibility index (Phi) is 4.66. The van der Waals surface area contributed by atoms with Gasteiger partial charge in [0.1, 0.15) is 10.8 Å². The Labute approximate surface area is 164 Å². The number of nitrogens with zero attached hydrogens (tertiary/aromatic N) is 5. The molecule has 3 N–H and O–H groups in total. The van der Waals surface area contributed by atoms with Crippen LogP contribution in [-0.4, -0.2) is 30.5 Å². The molecule has 4 aromatic rings. The largest absolute Gasteiger partial charge is 0.461 e. The molecule has 10 heteroatoms. The first-order valence-corrected chi connectivity index (χ1v) is 8.93. The number of hydrogen-bond acceptors (Lipinski definition) is 7. The van der Waals surface area contributed by atoms with Crippen molar-refractivity contribution in [3.63, 3.8) is 0 Å². The van der Waals surface area contributed by atoms with Crippen LogP contribution in [0, 0.1) is 0 Å². The van der Waals surface area contributed by atoms with Crippen LogP contribution in [0.3, 0.4) is 0 Å². The molecule has 1 unspecified atom stereocenters. The van der Waals surface area contributed by atoms with E-state index in [2.05, 4.69) is 25.4 Å². The number of nitrogen functional groups attached to an aromatic ring is 1. The number of pyridine rings is 1. The number of rotatable bonds is 5. The SMILES string of the molecule is CCC(NC(=O)c1cc2nc(-c3ccco3)nn2c(N)n1)c1cccnc1Cl. The summed E-state index contributed by atoms with van der Waals surface area (Å²) in [5.74, 6) is 0.486. The second kappa shape index (κ2) is 7.28. The molecule has 0 saturated carbocycles. The van der Waals surface area contributed by atoms with E-state index < -0.39 is 5.91 Å². The summed E-state index contributed by atoms with van der Waals surface area (Å²) in [5, 5.41) is 7.51. The van der Waals surface area contributed by atoms with Crippen LogP contribution in [0.1, 0.15) is 35.4 Å². The molecule has 0 radical (unpaired) electrons. The average Bonchev–Trinajstić information content (AvgIpc) is 3.36. The Balaban J connectivity index is 1.64. The number of nitrogens with one attached hydrogen (secondary N) is 1. The van der Waals surface area contributed by atoms with E-state index in [1.165, 1.54) is 16.8 Å². The molecule has 1 amide bonds. The summed E-state index contributed by atoms with van der Waals surface area (Å²) in [6.45, 7) is 1.94. The van der Waals surface area contributed by atoms with Gasteiger partial charge in [-0.2, -0.15) is 4.52 Å². The Morgan fingerprint density at radius 1 is 1.36 bits per heavy atom. The third-order valence-electron chi connectivity index (χ3n) is 4.20. The zero-order valence-electron chi connectivity index (χ0n) is 14.8. The number of anilines is 1. The molecule has 0 aliphatic heterocycles. The maximum atomic E-state index is 12.8. The Morgan fingerprint density at radius 3 is 2.93 bits per heavy atom. The third kappa shape index (κ3) is 3.27. The Hall–Kier alpha value is -3.46. The molecule has 0 spiro atoms. The molecule has 0 aromatic carbocycles. The highest BCUT2D eigenvalue weighted by Gasteiger charge is 2.20. The van der Waals surface area contributed by atoms with E-state index in [0.717, 1.165) is 5.56 Å². The normalized spacial score (nSPS) is 12.2. The van der Waals surface area contributed by atoms with Gasteiger partial charge in [0.2, 0.25) is 11.8 Å². The predicted molar refractivity (Wildman–Crippen MR) is 103 cm³/mol. The topological polar surface area (TPSA) is 124 Å². The zero-order valence-corrected chi connectivity index (χ0v) is 15.6. The number of aromatic nitrogens is 5. The Bertz CT molecular complexity index is 1140. The van der Waals surface area contributed by atoms with E-state index in [1.807, 2.05) is 13.0 Å². The van der Waals surface area contributed by atoms with Gasteiger partial charge in [0, 0.05) is 17.8 Å². The van der Waals surface area contributed by atoms with E-state index in [4.69, 9.17) is 21.8 Å². The molecular formula is C18H16ClN7O2. The molecule has 0 saturated heterocycles. The van der Waals surface area contributed by atoms with Crippen molar-refractivity contribution in [2.24, 2.45) is 0 Å². The molecule has 28 heavy (non-hydrogen) atoms. The van der Waals surface area contributed by atoms with Gasteiger partial charge in [-0.25, -0.2) is 15.0 Å². The minimum Gasteiger partial charge on any atom is -0.461 e. The van der Waals surface area contributed by atoms with E-state index in [1.54, 1.807) is 24.4 Å². The van der Waals surface area contributed by atoms with Crippen molar-refractivity contribution < 1.29 is 9.21 Å². The van der Waals surface area contributed by atoms with Crippen LogP contribution in [0.5, 0.6) is 0 Å². The molecule has 0 aliphatic carbocycles. The van der Waals surface area contributed by atoms with Gasteiger partial charge in [-0.3, -0.25) is 4.79 Å². The molecule has 0 fully saturated rings. The maximum Gasteiger partial charge on any atom is 0.270 e. The van der Waals surface area contributed by atoms with Crippen LogP contribution in [0.15, 0.2) is 47.2 Å². The fraction of sp³-hybridized carbons (Fsp3) is 0.167. The summed E-state index contributed by atoms with van der Waals surface area (Å²) in [4.78, 5) is 25.3. The van der Waals surface area contributed by atoms with E-state index >= 15 is 0 Å². The summed E-state index contributed by atoms with van der Waals surface area (Å²) in [6.07, 6.45) is 3.75. The van der Waals surface area contributed by atoms with E-state index in [-0.39, 0.29) is 17.7 Å². The first-order valence-electron chi connectivity index (χ1n) is 8.55. The van der Waals surface area contributed by atoms with E-state index in [9.17, 15) is 4.79 Å². The lowest BCUT2D eigenvalue weighted by atomic mass is 10.1. The van der Waals surface area contributed by atoms with Gasteiger partial charge >= 0.3 is 0 Å². The fourth-order valence-electron chi connectivity index (χ4n) is 2.83. The van der Waals surface area contributed by atoms with Crippen LogP contribution in [0.4, 0.5) is 5.95 Å². The number of amides is 1. The van der Waals surface area contributed by atoms with Gasteiger partial charge in [-0.05, 0) is 24.6 Å². The molecule has 142 valence electrons. The van der Waals surface area contributed by atoms with Gasteiger partial charge in [0.15, 0.2) is 11.4 Å². The highest BCUT2D eigenvalue weighted by molar-refractivity contribution is 6.30. The van der Waals surface area contributed by atoms with Crippen LogP contribution < -0.4 is 11.1 Å². The lowest BCUT2D eigenvalue weighted by molar-refractivity contribution is 0.0930. The predicted octanol–water partition coefficient (Wildman–Crippen LogP) is 2.90. The van der Waals surface area contributed by atoms with Crippen LogP contribution in [-0.2, 0) is 0 Å². The first kappa shape index (κ1) is 17.9. The second-order valence-corrected chi connectivity index (χ2v) is 6.36. The highest BCUT2D eigenvalue weighted by Crippen LogP contribution is 2.24. The standard InChI is InChI=1S/C18H16ClN7O2/c1-2-11(10-5-3-7-21-15(10)19)22-17(27)12-9-14-24-16(13-6-4-8-28-13)25-26(14)18(20)23-12/h3-9,11H,2H2,1H3,(H2,20,23)(H,22,27). The lowest BCUT2D eigenvalue weighted by Gasteiger charge is -2.18. The molecule has 4 rings (SSSR count). The number of hydrogen-bond donors (Lipinski definition) is 2. The summed E-state index contributed by atoms with van der Waals surface area (Å²) in [7, 11) is 0. The van der Waals surface area contributed by atoms with Gasteiger partial charge < -0.3 is 15.5 Å². The summed E-state index contributed by atoms with van der Waals surface area (Å²) >= 11 is 6.15. The number of halogens is 1. The number of carbonyl (C=O) groups is 1. The van der Waals surface area contributed by atoms with Crippen molar-refractivity contribution in [1.29, 1.82) is 0 Å². The molecule has 1 atom stereocenters. The monoisotopic (exact) mass is 397 g/mol. The van der Waals surface area contributed by atoms with E-state index in [0.29, 0.717) is 28.8 Å². The van der Waals surface area contributed by atoms with Crippen molar-refractivity contribution in [3.05, 3.63) is 59.2 Å². The quantitative estimate of drug-likeness (QED) is 0.496. The van der Waals surface area contributed by atoms with Gasteiger partial charge in [-0.1, -0.05) is 24.6 Å². The first-order chi connectivity index (χ1) is 13.6. The third-order valence-corrected chi connectivity index (χ3v) is 4.52. The zero-order chi connectivity index (χ0) is 19.7. The lowest BCUT2D eigenvalue weighted by Crippen LogP contribution is -2.29. The minimum absolute atomic E-state index is 0.0421. The number of fused-ring (bicyclic) bond motifs is 1. The van der Waals surface area contributed by atoms with Gasteiger partial charge in [0.05, 0.1) is 12.3 Å². The minimum atomic E-state index is -0.400. The molecule has 4 heterocycles. The summed E-state index contributed by atoms with van der Waals surface area (Å²) < 4.78 is 6.65. The van der Waals surface area contributed by atoms with Crippen molar-refractivity contribution in [2.45, 2.75) is 19.4 Å². The van der Waals surface area contributed by atoms with Crippen LogP contribution in [0.25, 0.3) is 17.2 Å². The molecule has 9 nitrogen and oxygen atoms in total. The number of nitrogens with two attached hydrogens (primary N) is 1.